The van der Waals surface area contributed by atoms with Crippen LogP contribution in [0.25, 0.3) is 17.0 Å². The maximum Gasteiger partial charge on any atom is 0.163 e. The second kappa shape index (κ2) is 3.33. The van der Waals surface area contributed by atoms with Gasteiger partial charge in [0.05, 0.1) is 18.3 Å². The van der Waals surface area contributed by atoms with Gasteiger partial charge in [0.15, 0.2) is 5.75 Å². The number of fused-ring (bicyclic) bond motifs is 3. The molecule has 0 unspecified atom stereocenters. The van der Waals surface area contributed by atoms with Crippen molar-refractivity contribution in [1.82, 2.24) is 15.7 Å². The number of nitrogens with one attached hydrogen (secondary N) is 1. The molecule has 1 aromatic carbocycles. The number of hydrogen-bond acceptors (Lipinski definition) is 4. The maximum atomic E-state index is 5.48. The molecular formula is C11H9N3O. The Labute approximate surface area is 86.5 Å². The number of hydrogen-bond donors (Lipinski definition) is 1. The Morgan fingerprint density at radius 3 is 3.27 bits per heavy atom. The summed E-state index contributed by atoms with van der Waals surface area (Å²) in [6.45, 7) is 0.703. The lowest BCUT2D eigenvalue weighted by atomic mass is 10.1. The Morgan fingerprint density at radius 2 is 2.27 bits per heavy atom. The summed E-state index contributed by atoms with van der Waals surface area (Å²) in [6, 6.07) is 5.83. The van der Waals surface area contributed by atoms with Crippen molar-refractivity contribution < 1.29 is 4.84 Å². The van der Waals surface area contributed by atoms with E-state index in [2.05, 4.69) is 15.7 Å². The first kappa shape index (κ1) is 8.38. The predicted octanol–water partition coefficient (Wildman–Crippen LogP) is 1.54. The zero-order valence-electron chi connectivity index (χ0n) is 7.97. The zero-order chi connectivity index (χ0) is 10.1. The van der Waals surface area contributed by atoms with Crippen molar-refractivity contribution in [2.75, 3.05) is 6.54 Å². The van der Waals surface area contributed by atoms with Crippen LogP contribution in [0.4, 0.5) is 0 Å². The molecule has 1 aliphatic rings. The first-order valence-electron chi connectivity index (χ1n) is 4.76. The molecule has 0 radical (unpaired) electrons. The first-order valence-corrected chi connectivity index (χ1v) is 4.76. The van der Waals surface area contributed by atoms with Gasteiger partial charge in [-0.05, 0) is 18.2 Å². The van der Waals surface area contributed by atoms with E-state index >= 15 is 0 Å². The van der Waals surface area contributed by atoms with Crippen LogP contribution in [0.1, 0.15) is 5.56 Å². The van der Waals surface area contributed by atoms with Crippen molar-refractivity contribution in [3.05, 3.63) is 36.0 Å². The van der Waals surface area contributed by atoms with Gasteiger partial charge in [-0.15, -0.1) is 0 Å². The van der Waals surface area contributed by atoms with Crippen molar-refractivity contribution in [2.45, 2.75) is 0 Å². The van der Waals surface area contributed by atoms with Gasteiger partial charge in [-0.2, -0.15) is 15.7 Å². The molecule has 2 aromatic rings. The highest BCUT2D eigenvalue weighted by Gasteiger charge is 2.09. The van der Waals surface area contributed by atoms with Crippen LogP contribution in [0.2, 0.25) is 0 Å². The monoisotopic (exact) mass is 199 g/mol. The molecule has 1 aliphatic heterocycles. The highest BCUT2D eigenvalue weighted by Crippen LogP contribution is 2.29. The Morgan fingerprint density at radius 1 is 1.27 bits per heavy atom. The van der Waals surface area contributed by atoms with E-state index in [0.717, 1.165) is 22.2 Å². The van der Waals surface area contributed by atoms with Crippen LogP contribution in [0.5, 0.6) is 5.75 Å². The van der Waals surface area contributed by atoms with E-state index in [1.165, 1.54) is 0 Å². The van der Waals surface area contributed by atoms with Crippen molar-refractivity contribution in [2.24, 2.45) is 0 Å². The number of rotatable bonds is 0. The standard InChI is InChI=1S/C11H9N3O/c1-2-8-3-4-10-9(5-7-12-14-10)11(8)15-13-6-1/h1-5,7,13H,6H2. The second-order valence-electron chi connectivity index (χ2n) is 3.30. The van der Waals surface area contributed by atoms with Gasteiger partial charge >= 0.3 is 0 Å². The minimum atomic E-state index is 0.703. The number of aromatic nitrogens is 2. The molecule has 4 nitrogen and oxygen atoms in total. The van der Waals surface area contributed by atoms with Gasteiger partial charge in [-0.3, -0.25) is 0 Å². The third kappa shape index (κ3) is 1.35. The minimum absolute atomic E-state index is 0.703. The minimum Gasteiger partial charge on any atom is -0.407 e. The van der Waals surface area contributed by atoms with E-state index in [0.29, 0.717) is 6.54 Å². The lowest BCUT2D eigenvalue weighted by Crippen LogP contribution is -2.17. The Hall–Kier alpha value is -1.94. The van der Waals surface area contributed by atoms with E-state index in [-0.39, 0.29) is 0 Å². The van der Waals surface area contributed by atoms with Gasteiger partial charge in [0.2, 0.25) is 0 Å². The summed E-state index contributed by atoms with van der Waals surface area (Å²) in [7, 11) is 0. The second-order valence-corrected chi connectivity index (χ2v) is 3.30. The van der Waals surface area contributed by atoms with Gasteiger partial charge < -0.3 is 4.84 Å². The molecule has 0 aliphatic carbocycles. The van der Waals surface area contributed by atoms with Crippen molar-refractivity contribution in [1.29, 1.82) is 0 Å². The lowest BCUT2D eigenvalue weighted by Gasteiger charge is -2.08. The molecule has 0 amide bonds. The average molecular weight is 199 g/mol. The van der Waals surface area contributed by atoms with E-state index < -0.39 is 0 Å². The van der Waals surface area contributed by atoms with Gasteiger partial charge in [0, 0.05) is 10.9 Å². The van der Waals surface area contributed by atoms with Crippen LogP contribution in [-0.4, -0.2) is 16.7 Å². The first-order chi connectivity index (χ1) is 7.45. The summed E-state index contributed by atoms with van der Waals surface area (Å²) in [5, 5.41) is 8.85. The Bertz CT molecular complexity index is 536. The van der Waals surface area contributed by atoms with E-state index in [1.807, 2.05) is 30.4 Å². The van der Waals surface area contributed by atoms with Crippen LogP contribution in [0.3, 0.4) is 0 Å². The van der Waals surface area contributed by atoms with Gasteiger partial charge in [0.25, 0.3) is 0 Å². The summed E-state index contributed by atoms with van der Waals surface area (Å²) in [5.74, 6) is 0.816. The van der Waals surface area contributed by atoms with E-state index in [1.54, 1.807) is 6.20 Å². The molecule has 1 N–H and O–H groups in total. The van der Waals surface area contributed by atoms with E-state index in [9.17, 15) is 0 Å². The average Bonchev–Trinajstić information content (AvgIpc) is 2.54. The number of nitrogens with zero attached hydrogens (tertiary/aromatic N) is 2. The molecule has 0 saturated heterocycles. The number of hydroxylamine groups is 1. The Balaban J connectivity index is 2.33. The molecule has 0 saturated carbocycles. The van der Waals surface area contributed by atoms with Crippen LogP contribution in [0.15, 0.2) is 30.5 Å². The van der Waals surface area contributed by atoms with Crippen molar-refractivity contribution >= 4 is 17.0 Å². The fraction of sp³-hybridized carbons (Fsp3) is 0.0909. The fourth-order valence-corrected chi connectivity index (χ4v) is 1.65. The summed E-state index contributed by atoms with van der Waals surface area (Å²) in [6.07, 6.45) is 5.72. The topological polar surface area (TPSA) is 47.0 Å². The molecule has 2 heterocycles. The quantitative estimate of drug-likeness (QED) is 0.699. The summed E-state index contributed by atoms with van der Waals surface area (Å²) in [5.41, 5.74) is 4.76. The van der Waals surface area contributed by atoms with Gasteiger partial charge in [-0.25, -0.2) is 0 Å². The third-order valence-corrected chi connectivity index (χ3v) is 2.35. The highest BCUT2D eigenvalue weighted by molar-refractivity contribution is 5.88. The summed E-state index contributed by atoms with van der Waals surface area (Å²) >= 11 is 0. The predicted molar refractivity (Wildman–Crippen MR) is 57.2 cm³/mol. The summed E-state index contributed by atoms with van der Waals surface area (Å²) < 4.78 is 0. The van der Waals surface area contributed by atoms with Gasteiger partial charge in [0.1, 0.15) is 0 Å². The fourth-order valence-electron chi connectivity index (χ4n) is 1.65. The molecule has 4 heteroatoms. The third-order valence-electron chi connectivity index (χ3n) is 2.35. The van der Waals surface area contributed by atoms with Crippen molar-refractivity contribution in [3.63, 3.8) is 0 Å². The maximum absolute atomic E-state index is 5.48. The molecule has 0 bridgehead atoms. The SMILES string of the molecule is C1=Cc2ccc3nnccc3c2ONC1. The van der Waals surface area contributed by atoms with Crippen molar-refractivity contribution in [3.8, 4) is 5.75 Å². The summed E-state index contributed by atoms with van der Waals surface area (Å²) in [4.78, 5) is 5.48. The molecule has 1 aromatic heterocycles. The normalized spacial score (nSPS) is 14.4. The molecule has 15 heavy (non-hydrogen) atoms. The molecular weight excluding hydrogens is 190 g/mol. The molecule has 74 valence electrons. The van der Waals surface area contributed by atoms with Crippen LogP contribution < -0.4 is 10.3 Å². The molecule has 3 rings (SSSR count). The number of benzene rings is 1. The lowest BCUT2D eigenvalue weighted by molar-refractivity contribution is 0.213. The molecule has 0 spiro atoms. The zero-order valence-corrected chi connectivity index (χ0v) is 7.97. The van der Waals surface area contributed by atoms with Crippen LogP contribution >= 0.6 is 0 Å². The van der Waals surface area contributed by atoms with E-state index in [4.69, 9.17) is 4.84 Å². The molecule has 0 atom stereocenters. The molecule has 0 fully saturated rings. The van der Waals surface area contributed by atoms with Crippen LogP contribution in [0, 0.1) is 0 Å². The van der Waals surface area contributed by atoms with Crippen LogP contribution in [-0.2, 0) is 0 Å². The smallest absolute Gasteiger partial charge is 0.163 e. The highest BCUT2D eigenvalue weighted by atomic mass is 16.6. The van der Waals surface area contributed by atoms with Gasteiger partial charge in [-0.1, -0.05) is 12.2 Å². The largest absolute Gasteiger partial charge is 0.407 e. The Kier molecular flexibility index (Phi) is 1.86.